The van der Waals surface area contributed by atoms with E-state index in [1.54, 1.807) is 24.3 Å². The Balaban J connectivity index is 2.12. The fourth-order valence-corrected chi connectivity index (χ4v) is 2.66. The lowest BCUT2D eigenvalue weighted by Gasteiger charge is -2.13. The van der Waals surface area contributed by atoms with Gasteiger partial charge in [0.25, 0.3) is 0 Å². The van der Waals surface area contributed by atoms with Crippen LogP contribution in [0.1, 0.15) is 53.7 Å². The number of amides is 1. The van der Waals surface area contributed by atoms with Gasteiger partial charge in [-0.3, -0.25) is 9.59 Å². The number of anilines is 1. The fourth-order valence-electron chi connectivity index (χ4n) is 2.66. The molecule has 2 rings (SSSR count). The molecule has 1 amide bonds. The van der Waals surface area contributed by atoms with Gasteiger partial charge in [-0.2, -0.15) is 0 Å². The summed E-state index contributed by atoms with van der Waals surface area (Å²) in [4.78, 5) is 24.7. The number of carbonyl (C=O) groups is 2. The number of aryl methyl sites for hydroxylation is 2. The summed E-state index contributed by atoms with van der Waals surface area (Å²) in [5, 5.41) is 2.92. The van der Waals surface area contributed by atoms with Crippen molar-refractivity contribution in [3.8, 4) is 0 Å². The predicted octanol–water partition coefficient (Wildman–Crippen LogP) is 4.91. The van der Waals surface area contributed by atoms with Gasteiger partial charge in [0, 0.05) is 22.7 Å². The third kappa shape index (κ3) is 4.10. The highest BCUT2D eigenvalue weighted by Gasteiger charge is 2.15. The molecule has 0 aliphatic rings. The van der Waals surface area contributed by atoms with E-state index in [-0.39, 0.29) is 17.6 Å². The minimum Gasteiger partial charge on any atom is -0.326 e. The molecule has 0 aliphatic heterocycles. The summed E-state index contributed by atoms with van der Waals surface area (Å²) in [6.07, 6.45) is 1.65. The highest BCUT2D eigenvalue weighted by molar-refractivity contribution is 6.09. The first kappa shape index (κ1) is 17.9. The number of benzene rings is 2. The second kappa shape index (κ2) is 7.91. The molecule has 0 atom stereocenters. The quantitative estimate of drug-likeness (QED) is 0.768. The number of carbonyl (C=O) groups excluding carboxylic acids is 2. The van der Waals surface area contributed by atoms with Crippen molar-refractivity contribution in [3.05, 3.63) is 64.7 Å². The molecule has 2 aromatic carbocycles. The van der Waals surface area contributed by atoms with Gasteiger partial charge in [0.15, 0.2) is 5.78 Å². The van der Waals surface area contributed by atoms with Crippen LogP contribution in [0.4, 0.5) is 5.69 Å². The second-order valence-electron chi connectivity index (χ2n) is 6.21. The van der Waals surface area contributed by atoms with E-state index in [9.17, 15) is 9.59 Å². The van der Waals surface area contributed by atoms with Gasteiger partial charge in [-0.1, -0.05) is 26.0 Å². The number of hydrogen-bond acceptors (Lipinski definition) is 2. The Bertz CT molecular complexity index is 728. The van der Waals surface area contributed by atoms with Crippen molar-refractivity contribution >= 4 is 17.4 Å². The van der Waals surface area contributed by atoms with Crippen molar-refractivity contribution in [2.75, 3.05) is 5.32 Å². The van der Waals surface area contributed by atoms with E-state index in [0.717, 1.165) is 24.1 Å². The first-order valence-corrected chi connectivity index (χ1v) is 8.49. The van der Waals surface area contributed by atoms with Crippen LogP contribution in [0.5, 0.6) is 0 Å². The average Bonchev–Trinajstić information content (AvgIpc) is 2.58. The van der Waals surface area contributed by atoms with E-state index in [1.807, 2.05) is 45.9 Å². The minimum atomic E-state index is -0.00373. The normalized spacial score (nSPS) is 10.7. The van der Waals surface area contributed by atoms with Crippen molar-refractivity contribution in [2.45, 2.75) is 40.5 Å². The first-order valence-electron chi connectivity index (χ1n) is 8.49. The first-order chi connectivity index (χ1) is 11.5. The zero-order chi connectivity index (χ0) is 17.7. The standard InChI is InChI=1S/C21H25NO2/c1-5-16(6-2)21(24)22-19-11-9-17(10-12-19)20(23)18-8-7-14(3)15(4)13-18/h7-13,16H,5-6H2,1-4H3,(H,22,24). The molecule has 0 radical (unpaired) electrons. The summed E-state index contributed by atoms with van der Waals surface area (Å²) < 4.78 is 0. The lowest BCUT2D eigenvalue weighted by molar-refractivity contribution is -0.120. The summed E-state index contributed by atoms with van der Waals surface area (Å²) in [5.41, 5.74) is 4.31. The Morgan fingerprint density at radius 1 is 0.875 bits per heavy atom. The predicted molar refractivity (Wildman–Crippen MR) is 98.5 cm³/mol. The van der Waals surface area contributed by atoms with Gasteiger partial charge in [0.1, 0.15) is 0 Å². The van der Waals surface area contributed by atoms with Crippen LogP contribution in [-0.4, -0.2) is 11.7 Å². The van der Waals surface area contributed by atoms with E-state index >= 15 is 0 Å². The van der Waals surface area contributed by atoms with Gasteiger partial charge >= 0.3 is 0 Å². The summed E-state index contributed by atoms with van der Waals surface area (Å²) in [5.74, 6) is 0.0612. The molecule has 0 saturated heterocycles. The zero-order valence-electron chi connectivity index (χ0n) is 14.8. The molecule has 0 aromatic heterocycles. The summed E-state index contributed by atoms with van der Waals surface area (Å²) in [7, 11) is 0. The van der Waals surface area contributed by atoms with E-state index in [1.165, 1.54) is 5.56 Å². The van der Waals surface area contributed by atoms with E-state index in [2.05, 4.69) is 5.32 Å². The number of hydrogen-bond donors (Lipinski definition) is 1. The van der Waals surface area contributed by atoms with Crippen molar-refractivity contribution < 1.29 is 9.59 Å². The van der Waals surface area contributed by atoms with Gasteiger partial charge in [-0.15, -0.1) is 0 Å². The summed E-state index contributed by atoms with van der Waals surface area (Å²) >= 11 is 0. The Morgan fingerprint density at radius 2 is 1.46 bits per heavy atom. The minimum absolute atomic E-state index is 0.00373. The smallest absolute Gasteiger partial charge is 0.227 e. The molecule has 0 spiro atoms. The van der Waals surface area contributed by atoms with Gasteiger partial charge in [0.05, 0.1) is 0 Å². The van der Waals surface area contributed by atoms with E-state index < -0.39 is 0 Å². The fraction of sp³-hybridized carbons (Fsp3) is 0.333. The van der Waals surface area contributed by atoms with Crippen LogP contribution in [0.3, 0.4) is 0 Å². The lowest BCUT2D eigenvalue weighted by Crippen LogP contribution is -2.21. The van der Waals surface area contributed by atoms with Crippen molar-refractivity contribution in [3.63, 3.8) is 0 Å². The monoisotopic (exact) mass is 323 g/mol. The molecule has 0 bridgehead atoms. The lowest BCUT2D eigenvalue weighted by atomic mass is 9.99. The SMILES string of the molecule is CCC(CC)C(=O)Nc1ccc(C(=O)c2ccc(C)c(C)c2)cc1. The molecular weight excluding hydrogens is 298 g/mol. The number of rotatable bonds is 6. The second-order valence-corrected chi connectivity index (χ2v) is 6.21. The van der Waals surface area contributed by atoms with E-state index in [0.29, 0.717) is 11.1 Å². The van der Waals surface area contributed by atoms with Crippen molar-refractivity contribution in [1.29, 1.82) is 0 Å². The molecule has 3 nitrogen and oxygen atoms in total. The third-order valence-electron chi connectivity index (χ3n) is 4.54. The molecule has 1 N–H and O–H groups in total. The maximum absolute atomic E-state index is 12.6. The van der Waals surface area contributed by atoms with Crippen LogP contribution in [0, 0.1) is 19.8 Å². The van der Waals surface area contributed by atoms with E-state index in [4.69, 9.17) is 0 Å². The topological polar surface area (TPSA) is 46.2 Å². The molecule has 126 valence electrons. The number of nitrogens with one attached hydrogen (secondary N) is 1. The van der Waals surface area contributed by atoms with Gasteiger partial charge in [-0.05, 0) is 68.1 Å². The van der Waals surface area contributed by atoms with Gasteiger partial charge in [-0.25, -0.2) is 0 Å². The zero-order valence-corrected chi connectivity index (χ0v) is 14.8. The van der Waals surface area contributed by atoms with Crippen LogP contribution in [-0.2, 0) is 4.79 Å². The van der Waals surface area contributed by atoms with Crippen LogP contribution >= 0.6 is 0 Å². The molecule has 0 aliphatic carbocycles. The molecule has 0 fully saturated rings. The summed E-state index contributed by atoms with van der Waals surface area (Å²) in [6.45, 7) is 8.06. The average molecular weight is 323 g/mol. The van der Waals surface area contributed by atoms with Crippen LogP contribution in [0.2, 0.25) is 0 Å². The molecule has 24 heavy (non-hydrogen) atoms. The Labute approximate surface area is 144 Å². The molecule has 0 saturated carbocycles. The van der Waals surface area contributed by atoms with Gasteiger partial charge in [0.2, 0.25) is 5.91 Å². The van der Waals surface area contributed by atoms with Crippen LogP contribution in [0.25, 0.3) is 0 Å². The maximum atomic E-state index is 12.6. The highest BCUT2D eigenvalue weighted by Crippen LogP contribution is 2.18. The Hall–Kier alpha value is -2.42. The van der Waals surface area contributed by atoms with Crippen LogP contribution < -0.4 is 5.32 Å². The largest absolute Gasteiger partial charge is 0.326 e. The molecule has 3 heteroatoms. The Kier molecular flexibility index (Phi) is 5.91. The van der Waals surface area contributed by atoms with Gasteiger partial charge < -0.3 is 5.32 Å². The highest BCUT2D eigenvalue weighted by atomic mass is 16.2. The van der Waals surface area contributed by atoms with Crippen molar-refractivity contribution in [1.82, 2.24) is 0 Å². The Morgan fingerprint density at radius 3 is 2.00 bits per heavy atom. The molecule has 2 aromatic rings. The molecule has 0 heterocycles. The maximum Gasteiger partial charge on any atom is 0.227 e. The third-order valence-corrected chi connectivity index (χ3v) is 4.54. The summed E-state index contributed by atoms with van der Waals surface area (Å²) in [6, 6.07) is 12.8. The molecular formula is C21H25NO2. The molecule has 0 unspecified atom stereocenters. The van der Waals surface area contributed by atoms with Crippen molar-refractivity contribution in [2.24, 2.45) is 5.92 Å². The van der Waals surface area contributed by atoms with Crippen LogP contribution in [0.15, 0.2) is 42.5 Å². The number of ketones is 1.